The Bertz CT molecular complexity index is 346. The lowest BCUT2D eigenvalue weighted by Crippen LogP contribution is -2.39. The van der Waals surface area contributed by atoms with Gasteiger partial charge in [-0.15, -0.1) is 11.8 Å². The third-order valence-corrected chi connectivity index (χ3v) is 4.70. The van der Waals surface area contributed by atoms with Crippen LogP contribution in [0.3, 0.4) is 0 Å². The van der Waals surface area contributed by atoms with Gasteiger partial charge in [0, 0.05) is 20.7 Å². The van der Waals surface area contributed by atoms with Crippen molar-refractivity contribution in [3.63, 3.8) is 0 Å². The molecule has 1 aromatic carbocycles. The van der Waals surface area contributed by atoms with Crippen molar-refractivity contribution in [2.24, 2.45) is 5.92 Å². The number of thioether (sulfide) groups is 1. The van der Waals surface area contributed by atoms with E-state index in [0.29, 0.717) is 5.92 Å². The summed E-state index contributed by atoms with van der Waals surface area (Å²) in [5, 5.41) is 3.55. The fraction of sp³-hybridized carbons (Fsp3) is 0.571. The molecule has 3 heteroatoms. The molecule has 0 bridgehead atoms. The van der Waals surface area contributed by atoms with Gasteiger partial charge in [-0.1, -0.05) is 19.1 Å². The summed E-state index contributed by atoms with van der Waals surface area (Å²) < 4.78 is 1.20. The second-order valence-corrected chi connectivity index (χ2v) is 7.39. The molecule has 1 atom stereocenters. The van der Waals surface area contributed by atoms with E-state index in [1.807, 2.05) is 11.8 Å². The summed E-state index contributed by atoms with van der Waals surface area (Å²) >= 11 is 5.50. The fourth-order valence-corrected chi connectivity index (χ4v) is 2.92. The van der Waals surface area contributed by atoms with E-state index in [1.54, 1.807) is 0 Å². The van der Waals surface area contributed by atoms with Crippen molar-refractivity contribution in [2.75, 3.05) is 12.3 Å². The van der Waals surface area contributed by atoms with Crippen molar-refractivity contribution < 1.29 is 0 Å². The second-order valence-electron chi connectivity index (χ2n) is 5.48. The predicted octanol–water partition coefficient (Wildman–Crippen LogP) is 4.57. The Hall–Kier alpha value is 0.01000. The van der Waals surface area contributed by atoms with E-state index in [2.05, 4.69) is 73.2 Å². The maximum atomic E-state index is 3.58. The molecule has 1 aromatic rings. The minimum Gasteiger partial charge on any atom is -0.312 e. The Morgan fingerprint density at radius 2 is 1.94 bits per heavy atom. The van der Waals surface area contributed by atoms with E-state index < -0.39 is 0 Å². The lowest BCUT2D eigenvalue weighted by molar-refractivity contribution is 0.395. The first-order valence-corrected chi connectivity index (χ1v) is 7.79. The molecular weight excluding hydrogens is 294 g/mol. The average molecular weight is 316 g/mol. The molecule has 0 saturated heterocycles. The van der Waals surface area contributed by atoms with Gasteiger partial charge in [0.05, 0.1) is 0 Å². The highest BCUT2D eigenvalue weighted by Gasteiger charge is 2.11. The molecule has 0 aliphatic heterocycles. The van der Waals surface area contributed by atoms with Crippen molar-refractivity contribution in [3.8, 4) is 0 Å². The molecule has 0 heterocycles. The summed E-state index contributed by atoms with van der Waals surface area (Å²) in [6.07, 6.45) is 0. The second kappa shape index (κ2) is 6.81. The highest BCUT2D eigenvalue weighted by molar-refractivity contribution is 9.10. The number of hydrogen-bond donors (Lipinski definition) is 1. The fourth-order valence-electron chi connectivity index (χ4n) is 1.33. The van der Waals surface area contributed by atoms with E-state index in [9.17, 15) is 0 Å². The number of rotatable bonds is 5. The summed E-state index contributed by atoms with van der Waals surface area (Å²) in [7, 11) is 0. The molecule has 0 aromatic heterocycles. The van der Waals surface area contributed by atoms with Gasteiger partial charge in [0.25, 0.3) is 0 Å². The molecule has 96 valence electrons. The molecule has 0 aliphatic rings. The first kappa shape index (κ1) is 15.1. The summed E-state index contributed by atoms with van der Waals surface area (Å²) in [6.45, 7) is 9.99. The predicted molar refractivity (Wildman–Crippen MR) is 81.8 cm³/mol. The molecule has 0 radical (unpaired) electrons. The Morgan fingerprint density at radius 3 is 2.53 bits per heavy atom. The van der Waals surface area contributed by atoms with Crippen LogP contribution >= 0.6 is 27.7 Å². The van der Waals surface area contributed by atoms with Crippen LogP contribution in [0.5, 0.6) is 0 Å². The quantitative estimate of drug-likeness (QED) is 0.799. The Kier molecular flexibility index (Phi) is 6.04. The molecule has 17 heavy (non-hydrogen) atoms. The van der Waals surface area contributed by atoms with Crippen LogP contribution < -0.4 is 5.32 Å². The minimum atomic E-state index is 0.215. The van der Waals surface area contributed by atoms with Gasteiger partial charge in [-0.05, 0) is 61.3 Å². The largest absolute Gasteiger partial charge is 0.312 e. The van der Waals surface area contributed by atoms with Crippen LogP contribution in [0.4, 0.5) is 0 Å². The Labute approximate surface area is 118 Å². The van der Waals surface area contributed by atoms with Crippen LogP contribution in [0.25, 0.3) is 0 Å². The average Bonchev–Trinajstić information content (AvgIpc) is 2.24. The zero-order chi connectivity index (χ0) is 12.9. The van der Waals surface area contributed by atoms with Gasteiger partial charge in [0.15, 0.2) is 0 Å². The molecular formula is C14H22BrNS. The zero-order valence-electron chi connectivity index (χ0n) is 11.1. The van der Waals surface area contributed by atoms with Crippen LogP contribution in [0, 0.1) is 5.92 Å². The van der Waals surface area contributed by atoms with Gasteiger partial charge in [0.1, 0.15) is 0 Å². The molecule has 1 unspecified atom stereocenters. The smallest absolute Gasteiger partial charge is 0.0311 e. The normalized spacial score (nSPS) is 13.7. The maximum absolute atomic E-state index is 3.58. The van der Waals surface area contributed by atoms with Gasteiger partial charge < -0.3 is 5.32 Å². The van der Waals surface area contributed by atoms with Crippen LogP contribution in [0.15, 0.2) is 33.6 Å². The Balaban J connectivity index is 2.34. The van der Waals surface area contributed by atoms with E-state index in [0.717, 1.165) is 12.3 Å². The van der Waals surface area contributed by atoms with Gasteiger partial charge in [-0.2, -0.15) is 0 Å². The van der Waals surface area contributed by atoms with Crippen LogP contribution in [-0.2, 0) is 0 Å². The van der Waals surface area contributed by atoms with Crippen LogP contribution in [0.2, 0.25) is 0 Å². The first-order chi connectivity index (χ1) is 7.88. The Morgan fingerprint density at radius 1 is 1.29 bits per heavy atom. The molecule has 1 N–H and O–H groups in total. The third-order valence-electron chi connectivity index (χ3n) is 2.34. The van der Waals surface area contributed by atoms with E-state index in [1.165, 1.54) is 9.37 Å². The third kappa shape index (κ3) is 6.49. The molecule has 0 amide bonds. The lowest BCUT2D eigenvalue weighted by Gasteiger charge is -2.23. The van der Waals surface area contributed by atoms with Crippen LogP contribution in [-0.4, -0.2) is 17.8 Å². The molecule has 0 spiro atoms. The zero-order valence-corrected chi connectivity index (χ0v) is 13.5. The molecule has 1 nitrogen and oxygen atoms in total. The van der Waals surface area contributed by atoms with Gasteiger partial charge in [-0.3, -0.25) is 0 Å². The van der Waals surface area contributed by atoms with Gasteiger partial charge in [-0.25, -0.2) is 0 Å². The number of benzene rings is 1. The summed E-state index contributed by atoms with van der Waals surface area (Å²) in [6, 6.07) is 8.41. The van der Waals surface area contributed by atoms with Gasteiger partial charge >= 0.3 is 0 Å². The number of halogens is 1. The van der Waals surface area contributed by atoms with Crippen molar-refractivity contribution >= 4 is 27.7 Å². The highest BCUT2D eigenvalue weighted by Crippen LogP contribution is 2.28. The maximum Gasteiger partial charge on any atom is 0.0311 e. The first-order valence-electron chi connectivity index (χ1n) is 6.01. The number of nitrogens with one attached hydrogen (secondary N) is 1. The van der Waals surface area contributed by atoms with Crippen molar-refractivity contribution in [1.29, 1.82) is 0 Å². The van der Waals surface area contributed by atoms with E-state index >= 15 is 0 Å². The monoisotopic (exact) mass is 315 g/mol. The highest BCUT2D eigenvalue weighted by atomic mass is 79.9. The van der Waals surface area contributed by atoms with E-state index in [4.69, 9.17) is 0 Å². The molecule has 0 fully saturated rings. The van der Waals surface area contributed by atoms with Gasteiger partial charge in [0.2, 0.25) is 0 Å². The van der Waals surface area contributed by atoms with Crippen molar-refractivity contribution in [2.45, 2.75) is 38.1 Å². The number of hydrogen-bond acceptors (Lipinski definition) is 2. The SMILES string of the molecule is CC(CNC(C)(C)C)CSc1ccccc1Br. The molecule has 0 saturated carbocycles. The minimum absolute atomic E-state index is 0.215. The molecule has 1 rings (SSSR count). The van der Waals surface area contributed by atoms with E-state index in [-0.39, 0.29) is 5.54 Å². The summed E-state index contributed by atoms with van der Waals surface area (Å²) in [5.74, 6) is 1.82. The summed E-state index contributed by atoms with van der Waals surface area (Å²) in [5.41, 5.74) is 0.215. The van der Waals surface area contributed by atoms with Crippen LogP contribution in [0.1, 0.15) is 27.7 Å². The summed E-state index contributed by atoms with van der Waals surface area (Å²) in [4.78, 5) is 1.33. The topological polar surface area (TPSA) is 12.0 Å². The van der Waals surface area contributed by atoms with Crippen molar-refractivity contribution in [1.82, 2.24) is 5.32 Å². The van der Waals surface area contributed by atoms with Crippen molar-refractivity contribution in [3.05, 3.63) is 28.7 Å². The standard InChI is InChI=1S/C14H22BrNS/c1-11(9-16-14(2,3)4)10-17-13-8-6-5-7-12(13)15/h5-8,11,16H,9-10H2,1-4H3. The molecule has 0 aliphatic carbocycles. The lowest BCUT2D eigenvalue weighted by atomic mass is 10.1.